The SMILES string of the molecule is Brc1cnc2c(Nc3ccncc3Br)cccc2c1. The summed E-state index contributed by atoms with van der Waals surface area (Å²) in [6, 6.07) is 10.0. The van der Waals surface area contributed by atoms with Crippen molar-refractivity contribution >= 4 is 54.1 Å². The Kier molecular flexibility index (Phi) is 3.48. The van der Waals surface area contributed by atoms with E-state index in [0.29, 0.717) is 0 Å². The lowest BCUT2D eigenvalue weighted by molar-refractivity contribution is 1.30. The topological polar surface area (TPSA) is 37.8 Å². The van der Waals surface area contributed by atoms with E-state index in [1.165, 1.54) is 0 Å². The van der Waals surface area contributed by atoms with E-state index in [0.717, 1.165) is 31.2 Å². The number of hydrogen-bond acceptors (Lipinski definition) is 3. The molecule has 0 saturated carbocycles. The molecule has 2 heterocycles. The maximum atomic E-state index is 4.47. The van der Waals surface area contributed by atoms with Gasteiger partial charge in [-0.05, 0) is 50.1 Å². The number of aromatic nitrogens is 2. The van der Waals surface area contributed by atoms with E-state index >= 15 is 0 Å². The zero-order valence-corrected chi connectivity index (χ0v) is 12.9. The smallest absolute Gasteiger partial charge is 0.0937 e. The Morgan fingerprint density at radius 1 is 1.00 bits per heavy atom. The van der Waals surface area contributed by atoms with Crippen LogP contribution in [0.2, 0.25) is 0 Å². The summed E-state index contributed by atoms with van der Waals surface area (Å²) in [4.78, 5) is 8.52. The fourth-order valence-corrected chi connectivity index (χ4v) is 2.55. The molecule has 3 nitrogen and oxygen atoms in total. The van der Waals surface area contributed by atoms with Gasteiger partial charge < -0.3 is 5.32 Å². The van der Waals surface area contributed by atoms with E-state index in [2.05, 4.69) is 53.2 Å². The van der Waals surface area contributed by atoms with E-state index < -0.39 is 0 Å². The van der Waals surface area contributed by atoms with E-state index in [9.17, 15) is 0 Å². The van der Waals surface area contributed by atoms with E-state index in [-0.39, 0.29) is 0 Å². The average molecular weight is 379 g/mol. The van der Waals surface area contributed by atoms with Gasteiger partial charge in [0.2, 0.25) is 0 Å². The molecule has 1 aromatic carbocycles. The summed E-state index contributed by atoms with van der Waals surface area (Å²) in [5, 5.41) is 4.46. The molecule has 19 heavy (non-hydrogen) atoms. The number of fused-ring (bicyclic) bond motifs is 1. The Balaban J connectivity index is 2.09. The Morgan fingerprint density at radius 2 is 1.89 bits per heavy atom. The number of halogens is 2. The van der Waals surface area contributed by atoms with Gasteiger partial charge in [0, 0.05) is 28.4 Å². The Bertz CT molecular complexity index is 744. The minimum atomic E-state index is 0.920. The number of para-hydroxylation sites is 1. The first-order valence-electron chi connectivity index (χ1n) is 5.65. The molecule has 1 N–H and O–H groups in total. The van der Waals surface area contributed by atoms with Gasteiger partial charge in [-0.3, -0.25) is 9.97 Å². The van der Waals surface area contributed by atoms with Crippen molar-refractivity contribution in [3.05, 3.63) is 57.9 Å². The number of nitrogens with one attached hydrogen (secondary N) is 1. The highest BCUT2D eigenvalue weighted by Gasteiger charge is 2.05. The quantitative estimate of drug-likeness (QED) is 0.689. The van der Waals surface area contributed by atoms with Crippen molar-refractivity contribution in [2.75, 3.05) is 5.32 Å². The molecule has 0 saturated heterocycles. The van der Waals surface area contributed by atoms with Gasteiger partial charge >= 0.3 is 0 Å². The van der Waals surface area contributed by atoms with Gasteiger partial charge in [-0.2, -0.15) is 0 Å². The molecule has 5 heteroatoms. The zero-order valence-electron chi connectivity index (χ0n) is 9.77. The zero-order chi connectivity index (χ0) is 13.2. The lowest BCUT2D eigenvalue weighted by Gasteiger charge is -2.10. The van der Waals surface area contributed by atoms with Gasteiger partial charge in [-0.1, -0.05) is 12.1 Å². The predicted octanol–water partition coefficient (Wildman–Crippen LogP) is 4.90. The van der Waals surface area contributed by atoms with Gasteiger partial charge in [0.1, 0.15) is 0 Å². The van der Waals surface area contributed by atoms with Gasteiger partial charge in [0.05, 0.1) is 21.4 Å². The normalized spacial score (nSPS) is 10.6. The van der Waals surface area contributed by atoms with Crippen LogP contribution in [0.5, 0.6) is 0 Å². The Labute approximate surface area is 127 Å². The van der Waals surface area contributed by atoms with Gasteiger partial charge in [-0.15, -0.1) is 0 Å². The molecule has 0 unspecified atom stereocenters. The third kappa shape index (κ3) is 2.62. The molecular formula is C14H9Br2N3. The molecular weight excluding hydrogens is 370 g/mol. The molecule has 0 aliphatic heterocycles. The van der Waals surface area contributed by atoms with E-state index in [1.54, 1.807) is 18.6 Å². The van der Waals surface area contributed by atoms with Crippen LogP contribution in [0.25, 0.3) is 10.9 Å². The first-order chi connectivity index (χ1) is 9.24. The maximum absolute atomic E-state index is 4.47. The second kappa shape index (κ2) is 5.27. The average Bonchev–Trinajstić information content (AvgIpc) is 2.41. The van der Waals surface area contributed by atoms with Crippen molar-refractivity contribution in [1.29, 1.82) is 0 Å². The summed E-state index contributed by atoms with van der Waals surface area (Å²) in [6.45, 7) is 0. The molecule has 0 amide bonds. The molecule has 3 rings (SSSR count). The van der Waals surface area contributed by atoms with Crippen molar-refractivity contribution in [3.63, 3.8) is 0 Å². The Morgan fingerprint density at radius 3 is 2.74 bits per heavy atom. The van der Waals surface area contributed by atoms with Crippen LogP contribution in [0.1, 0.15) is 0 Å². The second-order valence-corrected chi connectivity index (χ2v) is 5.78. The molecule has 0 fully saturated rings. The third-order valence-corrected chi connectivity index (χ3v) is 3.78. The first kappa shape index (κ1) is 12.6. The number of anilines is 2. The van der Waals surface area contributed by atoms with Crippen molar-refractivity contribution in [2.45, 2.75) is 0 Å². The number of hydrogen-bond donors (Lipinski definition) is 1. The summed E-state index contributed by atoms with van der Waals surface area (Å²) in [6.07, 6.45) is 5.31. The van der Waals surface area contributed by atoms with Crippen LogP contribution in [0.3, 0.4) is 0 Å². The molecule has 0 spiro atoms. The van der Waals surface area contributed by atoms with Crippen LogP contribution in [0.4, 0.5) is 11.4 Å². The van der Waals surface area contributed by atoms with Crippen molar-refractivity contribution < 1.29 is 0 Å². The molecule has 0 bridgehead atoms. The lowest BCUT2D eigenvalue weighted by atomic mass is 10.2. The van der Waals surface area contributed by atoms with Gasteiger partial charge in [0.15, 0.2) is 0 Å². The van der Waals surface area contributed by atoms with E-state index in [4.69, 9.17) is 0 Å². The van der Waals surface area contributed by atoms with Crippen LogP contribution in [0.15, 0.2) is 57.9 Å². The minimum Gasteiger partial charge on any atom is -0.353 e. The van der Waals surface area contributed by atoms with Crippen molar-refractivity contribution in [2.24, 2.45) is 0 Å². The monoisotopic (exact) mass is 377 g/mol. The van der Waals surface area contributed by atoms with Crippen LogP contribution in [-0.4, -0.2) is 9.97 Å². The molecule has 94 valence electrons. The minimum absolute atomic E-state index is 0.920. The summed E-state index contributed by atoms with van der Waals surface area (Å²) >= 11 is 6.91. The summed E-state index contributed by atoms with van der Waals surface area (Å²) in [5.74, 6) is 0. The van der Waals surface area contributed by atoms with Crippen LogP contribution in [-0.2, 0) is 0 Å². The summed E-state index contributed by atoms with van der Waals surface area (Å²) in [7, 11) is 0. The lowest BCUT2D eigenvalue weighted by Crippen LogP contribution is -1.94. The van der Waals surface area contributed by atoms with Crippen LogP contribution >= 0.6 is 31.9 Å². The number of rotatable bonds is 2. The first-order valence-corrected chi connectivity index (χ1v) is 7.23. The van der Waals surface area contributed by atoms with Gasteiger partial charge in [0.25, 0.3) is 0 Å². The maximum Gasteiger partial charge on any atom is 0.0937 e. The fraction of sp³-hybridized carbons (Fsp3) is 0. The highest BCUT2D eigenvalue weighted by Crippen LogP contribution is 2.29. The van der Waals surface area contributed by atoms with Crippen LogP contribution in [0, 0.1) is 0 Å². The predicted molar refractivity (Wildman–Crippen MR) is 84.7 cm³/mol. The van der Waals surface area contributed by atoms with Crippen molar-refractivity contribution in [1.82, 2.24) is 9.97 Å². The van der Waals surface area contributed by atoms with Gasteiger partial charge in [-0.25, -0.2) is 0 Å². The summed E-state index contributed by atoms with van der Waals surface area (Å²) < 4.78 is 1.89. The largest absolute Gasteiger partial charge is 0.353 e. The van der Waals surface area contributed by atoms with E-state index in [1.807, 2.05) is 24.3 Å². The Hall–Kier alpha value is -1.46. The molecule has 0 aliphatic rings. The second-order valence-electron chi connectivity index (χ2n) is 4.01. The van der Waals surface area contributed by atoms with Crippen LogP contribution < -0.4 is 5.32 Å². The number of benzene rings is 1. The standard InChI is InChI=1S/C14H9Br2N3/c15-10-6-9-2-1-3-13(14(9)18-7-10)19-12-4-5-17-8-11(12)16/h1-8H,(H,17,19). The highest BCUT2D eigenvalue weighted by atomic mass is 79.9. The molecule has 3 aromatic rings. The highest BCUT2D eigenvalue weighted by molar-refractivity contribution is 9.10. The fourth-order valence-electron chi connectivity index (χ4n) is 1.86. The molecule has 0 atom stereocenters. The number of pyridine rings is 2. The molecule has 0 radical (unpaired) electrons. The molecule has 0 aliphatic carbocycles. The summed E-state index contributed by atoms with van der Waals surface area (Å²) in [5.41, 5.74) is 2.87. The molecule has 2 aromatic heterocycles. The van der Waals surface area contributed by atoms with Crippen molar-refractivity contribution in [3.8, 4) is 0 Å². The number of nitrogens with zero attached hydrogens (tertiary/aromatic N) is 2. The third-order valence-electron chi connectivity index (χ3n) is 2.72.